The summed E-state index contributed by atoms with van der Waals surface area (Å²) in [6.45, 7) is 11.2. The molecule has 1 aromatic heterocycles. The Morgan fingerprint density at radius 3 is 2.61 bits per heavy atom. The van der Waals surface area contributed by atoms with Crippen molar-refractivity contribution in [3.63, 3.8) is 0 Å². The first kappa shape index (κ1) is 16.5. The average molecular weight is 255 g/mol. The molecule has 0 aromatic carbocycles. The Balaban J connectivity index is 0.00000137. The van der Waals surface area contributed by atoms with E-state index in [1.54, 1.807) is 13.1 Å². The van der Waals surface area contributed by atoms with Gasteiger partial charge in [-0.15, -0.1) is 5.10 Å². The van der Waals surface area contributed by atoms with Crippen molar-refractivity contribution in [1.82, 2.24) is 15.1 Å². The van der Waals surface area contributed by atoms with Crippen molar-refractivity contribution in [1.29, 1.82) is 0 Å². The summed E-state index contributed by atoms with van der Waals surface area (Å²) in [5.74, 6) is 0.810. The van der Waals surface area contributed by atoms with Crippen molar-refractivity contribution in [3.8, 4) is 5.88 Å². The third-order valence-electron chi connectivity index (χ3n) is 1.99. The first-order valence-corrected chi connectivity index (χ1v) is 6.49. The number of carbonyl (C=O) groups excluding carboxylic acids is 1. The Kier molecular flexibility index (Phi) is 7.83. The highest BCUT2D eigenvalue weighted by atomic mass is 16.5. The molecule has 0 saturated heterocycles. The van der Waals surface area contributed by atoms with Crippen molar-refractivity contribution in [2.45, 2.75) is 34.6 Å². The minimum Gasteiger partial charge on any atom is -0.476 e. The lowest BCUT2D eigenvalue weighted by Crippen LogP contribution is -2.24. The van der Waals surface area contributed by atoms with E-state index in [1.165, 1.54) is 4.68 Å². The van der Waals surface area contributed by atoms with Crippen LogP contribution in [0.4, 0.5) is 0 Å². The van der Waals surface area contributed by atoms with E-state index in [0.29, 0.717) is 30.6 Å². The molecule has 1 rings (SSSR count). The second-order valence-corrected chi connectivity index (χ2v) is 4.06. The van der Waals surface area contributed by atoms with Gasteiger partial charge in [0.15, 0.2) is 0 Å². The number of aryl methyl sites for hydroxylation is 1. The minimum absolute atomic E-state index is 0.128. The van der Waals surface area contributed by atoms with E-state index in [1.807, 2.05) is 20.8 Å². The highest BCUT2D eigenvalue weighted by Gasteiger charge is 2.13. The zero-order chi connectivity index (χ0) is 14.1. The monoisotopic (exact) mass is 255 g/mol. The fourth-order valence-corrected chi connectivity index (χ4v) is 1.23. The van der Waals surface area contributed by atoms with Gasteiger partial charge >= 0.3 is 0 Å². The normalized spacial score (nSPS) is 9.72. The van der Waals surface area contributed by atoms with Crippen molar-refractivity contribution in [2.75, 3.05) is 13.2 Å². The van der Waals surface area contributed by atoms with Crippen LogP contribution in [0, 0.1) is 5.92 Å². The SMILES string of the molecule is CC.CCNC(=O)c1cc(OCC(C)C)nn1C. The smallest absolute Gasteiger partial charge is 0.269 e. The summed E-state index contributed by atoms with van der Waals surface area (Å²) in [6, 6.07) is 1.66. The molecular weight excluding hydrogens is 230 g/mol. The van der Waals surface area contributed by atoms with E-state index >= 15 is 0 Å². The Bertz CT molecular complexity index is 359. The molecule has 18 heavy (non-hydrogen) atoms. The molecular formula is C13H25N3O2. The summed E-state index contributed by atoms with van der Waals surface area (Å²) in [7, 11) is 1.73. The van der Waals surface area contributed by atoms with E-state index in [4.69, 9.17) is 4.74 Å². The molecule has 5 heteroatoms. The Hall–Kier alpha value is -1.52. The third-order valence-corrected chi connectivity index (χ3v) is 1.99. The highest BCUT2D eigenvalue weighted by Crippen LogP contribution is 2.11. The van der Waals surface area contributed by atoms with Gasteiger partial charge in [0.05, 0.1) is 6.61 Å². The number of hydrogen-bond acceptors (Lipinski definition) is 3. The van der Waals surface area contributed by atoms with Crippen LogP contribution in [0.1, 0.15) is 45.1 Å². The van der Waals surface area contributed by atoms with Gasteiger partial charge in [-0.05, 0) is 12.8 Å². The van der Waals surface area contributed by atoms with Gasteiger partial charge in [-0.3, -0.25) is 9.48 Å². The zero-order valence-corrected chi connectivity index (χ0v) is 12.3. The third kappa shape index (κ3) is 5.21. The van der Waals surface area contributed by atoms with Gasteiger partial charge in [-0.25, -0.2) is 0 Å². The fourth-order valence-electron chi connectivity index (χ4n) is 1.23. The van der Waals surface area contributed by atoms with Crippen molar-refractivity contribution in [2.24, 2.45) is 13.0 Å². The number of nitrogens with zero attached hydrogens (tertiary/aromatic N) is 2. The van der Waals surface area contributed by atoms with Crippen LogP contribution in [0.2, 0.25) is 0 Å². The van der Waals surface area contributed by atoms with Crippen molar-refractivity contribution >= 4 is 5.91 Å². The second-order valence-electron chi connectivity index (χ2n) is 4.06. The maximum absolute atomic E-state index is 11.6. The van der Waals surface area contributed by atoms with Crippen molar-refractivity contribution in [3.05, 3.63) is 11.8 Å². The van der Waals surface area contributed by atoms with Crippen LogP contribution in [-0.4, -0.2) is 28.8 Å². The molecule has 1 amide bonds. The van der Waals surface area contributed by atoms with Gasteiger partial charge in [0.2, 0.25) is 5.88 Å². The topological polar surface area (TPSA) is 56.1 Å². The number of amides is 1. The van der Waals surface area contributed by atoms with Crippen LogP contribution in [0.15, 0.2) is 6.07 Å². The number of nitrogens with one attached hydrogen (secondary N) is 1. The summed E-state index contributed by atoms with van der Waals surface area (Å²) in [6.07, 6.45) is 0. The van der Waals surface area contributed by atoms with Gasteiger partial charge in [0.25, 0.3) is 5.91 Å². The van der Waals surface area contributed by atoms with Crippen LogP contribution in [0.3, 0.4) is 0 Å². The summed E-state index contributed by atoms with van der Waals surface area (Å²) in [4.78, 5) is 11.6. The van der Waals surface area contributed by atoms with E-state index in [0.717, 1.165) is 0 Å². The number of hydrogen-bond donors (Lipinski definition) is 1. The van der Waals surface area contributed by atoms with E-state index in [2.05, 4.69) is 24.3 Å². The van der Waals surface area contributed by atoms with Gasteiger partial charge in [0, 0.05) is 19.7 Å². The zero-order valence-electron chi connectivity index (χ0n) is 12.3. The number of aromatic nitrogens is 2. The van der Waals surface area contributed by atoms with Gasteiger partial charge < -0.3 is 10.1 Å². The van der Waals surface area contributed by atoms with Gasteiger partial charge in [0.1, 0.15) is 5.69 Å². The Labute approximate surface area is 110 Å². The second kappa shape index (κ2) is 8.55. The number of rotatable bonds is 5. The summed E-state index contributed by atoms with van der Waals surface area (Å²) in [5, 5.41) is 6.85. The molecule has 1 aromatic rings. The van der Waals surface area contributed by atoms with Crippen LogP contribution in [-0.2, 0) is 7.05 Å². The number of ether oxygens (including phenoxy) is 1. The molecule has 0 aliphatic rings. The molecule has 1 N–H and O–H groups in total. The average Bonchev–Trinajstić information content (AvgIpc) is 2.71. The highest BCUT2D eigenvalue weighted by molar-refractivity contribution is 5.92. The number of carbonyl (C=O) groups is 1. The van der Waals surface area contributed by atoms with Crippen LogP contribution in [0.5, 0.6) is 5.88 Å². The summed E-state index contributed by atoms with van der Waals surface area (Å²) < 4.78 is 6.97. The molecule has 0 aliphatic heterocycles. The molecule has 0 spiro atoms. The molecule has 0 unspecified atom stereocenters. The molecule has 1 heterocycles. The van der Waals surface area contributed by atoms with Gasteiger partial charge in [-0.1, -0.05) is 27.7 Å². The molecule has 0 bridgehead atoms. The Morgan fingerprint density at radius 1 is 1.50 bits per heavy atom. The van der Waals surface area contributed by atoms with Crippen LogP contribution >= 0.6 is 0 Å². The molecule has 0 fully saturated rings. The molecule has 104 valence electrons. The van der Waals surface area contributed by atoms with E-state index in [-0.39, 0.29) is 5.91 Å². The summed E-state index contributed by atoms with van der Waals surface area (Å²) in [5.41, 5.74) is 0.514. The quantitative estimate of drug-likeness (QED) is 0.877. The molecule has 0 atom stereocenters. The van der Waals surface area contributed by atoms with E-state index < -0.39 is 0 Å². The standard InChI is InChI=1S/C11H19N3O2.C2H6/c1-5-12-11(15)9-6-10(13-14(9)4)16-7-8(2)3;1-2/h6,8H,5,7H2,1-4H3,(H,12,15);1-2H3. The molecule has 0 aliphatic carbocycles. The Morgan fingerprint density at radius 2 is 2.11 bits per heavy atom. The van der Waals surface area contributed by atoms with E-state index in [9.17, 15) is 4.79 Å². The van der Waals surface area contributed by atoms with Crippen molar-refractivity contribution < 1.29 is 9.53 Å². The largest absolute Gasteiger partial charge is 0.476 e. The van der Waals surface area contributed by atoms with Crippen LogP contribution < -0.4 is 10.1 Å². The predicted octanol–water partition coefficient (Wildman–Crippen LogP) is 2.23. The predicted molar refractivity (Wildman–Crippen MR) is 72.9 cm³/mol. The van der Waals surface area contributed by atoms with Crippen LogP contribution in [0.25, 0.3) is 0 Å². The lowest BCUT2D eigenvalue weighted by molar-refractivity contribution is 0.0946. The lowest BCUT2D eigenvalue weighted by Gasteiger charge is -2.04. The minimum atomic E-state index is -0.128. The maximum atomic E-state index is 11.6. The maximum Gasteiger partial charge on any atom is 0.269 e. The lowest BCUT2D eigenvalue weighted by atomic mass is 10.2. The molecule has 0 saturated carbocycles. The molecule has 5 nitrogen and oxygen atoms in total. The van der Waals surface area contributed by atoms with Gasteiger partial charge in [-0.2, -0.15) is 0 Å². The first-order chi connectivity index (χ1) is 8.54. The molecule has 0 radical (unpaired) electrons. The fraction of sp³-hybridized carbons (Fsp3) is 0.692. The summed E-state index contributed by atoms with van der Waals surface area (Å²) >= 11 is 0. The first-order valence-electron chi connectivity index (χ1n) is 6.49.